The van der Waals surface area contributed by atoms with E-state index in [1.807, 2.05) is 0 Å². The third kappa shape index (κ3) is 8.58. The molecule has 0 bridgehead atoms. The molecule has 0 N–H and O–H groups in total. The zero-order valence-electron chi connectivity index (χ0n) is 11.4. The highest BCUT2D eigenvalue weighted by molar-refractivity contribution is 5.59. The maximum atomic E-state index is 11.4. The van der Waals surface area contributed by atoms with Crippen molar-refractivity contribution in [1.29, 1.82) is 0 Å². The van der Waals surface area contributed by atoms with Crippen LogP contribution in [0.5, 0.6) is 0 Å². The molecule has 0 unspecified atom stereocenters. The highest BCUT2D eigenvalue weighted by Crippen LogP contribution is 2.10. The van der Waals surface area contributed by atoms with Gasteiger partial charge in [-0.15, -0.1) is 49.4 Å². The largest absolute Gasteiger partial charge is 0.508 e. The van der Waals surface area contributed by atoms with Crippen LogP contribution in [0.1, 0.15) is 25.7 Å². The van der Waals surface area contributed by atoms with E-state index in [0.29, 0.717) is 25.7 Å². The Hall–Kier alpha value is -2.49. The number of ether oxygens (including phenoxy) is 2. The first-order valence-electron chi connectivity index (χ1n) is 6.21. The third-order valence-corrected chi connectivity index (χ3v) is 2.50. The Bertz CT molecular complexity index is 377. The summed E-state index contributed by atoms with van der Waals surface area (Å²) >= 11 is 0. The summed E-state index contributed by atoms with van der Waals surface area (Å²) < 4.78 is 9.92. The van der Waals surface area contributed by atoms with Crippen molar-refractivity contribution in [2.75, 3.05) is 13.2 Å². The van der Waals surface area contributed by atoms with Crippen molar-refractivity contribution in [2.45, 2.75) is 25.7 Å². The molecular weight excluding hydrogens is 252 g/mol. The van der Waals surface area contributed by atoms with Gasteiger partial charge >= 0.3 is 6.16 Å². The van der Waals surface area contributed by atoms with Gasteiger partial charge in [-0.2, -0.15) is 0 Å². The summed E-state index contributed by atoms with van der Waals surface area (Å²) in [6, 6.07) is 0. The Morgan fingerprint density at radius 3 is 1.30 bits per heavy atom. The third-order valence-electron chi connectivity index (χ3n) is 2.50. The predicted octanol–water partition coefficient (Wildman–Crippen LogP) is 2.47. The number of terminal acetylenes is 4. The molecule has 0 fully saturated rings. The van der Waals surface area contributed by atoms with Gasteiger partial charge in [0.05, 0.1) is 13.2 Å². The smallest absolute Gasteiger partial charge is 0.434 e. The van der Waals surface area contributed by atoms with Gasteiger partial charge in [0.1, 0.15) is 0 Å². The maximum absolute atomic E-state index is 11.4. The molecule has 104 valence electrons. The van der Waals surface area contributed by atoms with Crippen LogP contribution in [0.4, 0.5) is 4.79 Å². The van der Waals surface area contributed by atoms with Crippen LogP contribution in [-0.4, -0.2) is 19.4 Å². The van der Waals surface area contributed by atoms with E-state index in [1.54, 1.807) is 0 Å². The lowest BCUT2D eigenvalue weighted by Gasteiger charge is -2.14. The van der Waals surface area contributed by atoms with Crippen molar-refractivity contribution < 1.29 is 14.3 Å². The first kappa shape index (κ1) is 17.5. The van der Waals surface area contributed by atoms with Crippen LogP contribution in [0.25, 0.3) is 0 Å². The van der Waals surface area contributed by atoms with Crippen LogP contribution in [0, 0.1) is 61.2 Å². The van der Waals surface area contributed by atoms with Crippen LogP contribution >= 0.6 is 0 Å². The number of rotatable bonds is 8. The van der Waals surface area contributed by atoms with Crippen molar-refractivity contribution in [3.05, 3.63) is 0 Å². The standard InChI is InChI=1S/C17H18O3/c1-5-9-15(10-6-2)13-19-17(18)20-14-16(11-7-3)12-8-4/h1-4,15-16H,9-14H2. The van der Waals surface area contributed by atoms with Crippen molar-refractivity contribution in [3.8, 4) is 49.4 Å². The summed E-state index contributed by atoms with van der Waals surface area (Å²) in [5, 5.41) is 0. The zero-order chi connectivity index (χ0) is 15.2. The summed E-state index contributed by atoms with van der Waals surface area (Å²) in [6.07, 6.45) is 21.9. The molecule has 0 saturated carbocycles. The molecule has 0 radical (unpaired) electrons. The number of carbonyl (C=O) groups is 1. The number of hydrogen-bond acceptors (Lipinski definition) is 3. The van der Waals surface area contributed by atoms with Gasteiger partial charge in [0.15, 0.2) is 0 Å². The Morgan fingerprint density at radius 2 is 1.05 bits per heavy atom. The van der Waals surface area contributed by atoms with Gasteiger partial charge in [0.25, 0.3) is 0 Å². The van der Waals surface area contributed by atoms with Crippen LogP contribution in [0.2, 0.25) is 0 Å². The molecule has 0 aliphatic heterocycles. The SMILES string of the molecule is C#CCC(CC#C)COC(=O)OCC(CC#C)CC#C. The van der Waals surface area contributed by atoms with Crippen molar-refractivity contribution >= 4 is 6.16 Å². The van der Waals surface area contributed by atoms with Gasteiger partial charge in [-0.25, -0.2) is 4.79 Å². The fourth-order valence-corrected chi connectivity index (χ4v) is 1.46. The normalized spacial score (nSPS) is 9.10. The average molecular weight is 270 g/mol. The molecular formula is C17H18O3. The van der Waals surface area contributed by atoms with Crippen LogP contribution in [-0.2, 0) is 9.47 Å². The molecule has 0 aliphatic carbocycles. The minimum atomic E-state index is -0.761. The first-order valence-corrected chi connectivity index (χ1v) is 6.21. The van der Waals surface area contributed by atoms with Crippen molar-refractivity contribution in [3.63, 3.8) is 0 Å². The molecule has 0 aromatic rings. The lowest BCUT2D eigenvalue weighted by atomic mass is 10.0. The summed E-state index contributed by atoms with van der Waals surface area (Å²) in [4.78, 5) is 11.4. The molecule has 0 heterocycles. The van der Waals surface area contributed by atoms with E-state index in [4.69, 9.17) is 35.2 Å². The molecule has 3 nitrogen and oxygen atoms in total. The zero-order valence-corrected chi connectivity index (χ0v) is 11.4. The molecule has 0 amide bonds. The molecule has 20 heavy (non-hydrogen) atoms. The van der Waals surface area contributed by atoms with Crippen LogP contribution in [0.3, 0.4) is 0 Å². The topological polar surface area (TPSA) is 35.5 Å². The van der Waals surface area contributed by atoms with Gasteiger partial charge in [-0.3, -0.25) is 0 Å². The van der Waals surface area contributed by atoms with Gasteiger partial charge in [-0.05, 0) is 0 Å². The molecule has 0 spiro atoms. The maximum Gasteiger partial charge on any atom is 0.508 e. The van der Waals surface area contributed by atoms with Crippen LogP contribution < -0.4 is 0 Å². The van der Waals surface area contributed by atoms with Crippen molar-refractivity contribution in [1.82, 2.24) is 0 Å². The Morgan fingerprint density at radius 1 is 0.750 bits per heavy atom. The summed E-state index contributed by atoms with van der Waals surface area (Å²) in [6.45, 7) is 0.282. The van der Waals surface area contributed by atoms with Gasteiger partial charge in [0.2, 0.25) is 0 Å². The molecule has 0 aliphatic rings. The number of carbonyl (C=O) groups excluding carboxylic acids is 1. The van der Waals surface area contributed by atoms with E-state index in [-0.39, 0.29) is 25.0 Å². The fraction of sp³-hybridized carbons (Fsp3) is 0.471. The minimum Gasteiger partial charge on any atom is -0.434 e. The van der Waals surface area contributed by atoms with E-state index >= 15 is 0 Å². The lowest BCUT2D eigenvalue weighted by molar-refractivity contribution is 0.0360. The first-order chi connectivity index (χ1) is 9.67. The Labute approximate surface area is 121 Å². The van der Waals surface area contributed by atoms with E-state index in [2.05, 4.69) is 23.7 Å². The number of hydrogen-bond donors (Lipinski definition) is 0. The second-order valence-corrected chi connectivity index (χ2v) is 4.24. The highest BCUT2D eigenvalue weighted by atomic mass is 16.7. The van der Waals surface area contributed by atoms with Gasteiger partial charge in [0, 0.05) is 37.5 Å². The molecule has 0 rings (SSSR count). The Balaban J connectivity index is 4.04. The molecule has 0 aromatic heterocycles. The van der Waals surface area contributed by atoms with Gasteiger partial charge in [-0.1, -0.05) is 0 Å². The molecule has 0 atom stereocenters. The summed E-state index contributed by atoms with van der Waals surface area (Å²) in [5.41, 5.74) is 0. The summed E-state index contributed by atoms with van der Waals surface area (Å²) in [5.74, 6) is 9.85. The van der Waals surface area contributed by atoms with Gasteiger partial charge < -0.3 is 9.47 Å². The van der Waals surface area contributed by atoms with E-state index in [9.17, 15) is 4.79 Å². The van der Waals surface area contributed by atoms with Crippen molar-refractivity contribution in [2.24, 2.45) is 11.8 Å². The Kier molecular flexibility index (Phi) is 10.1. The molecule has 0 saturated heterocycles. The highest BCUT2D eigenvalue weighted by Gasteiger charge is 2.13. The quantitative estimate of drug-likeness (QED) is 0.502. The second kappa shape index (κ2) is 11.6. The van der Waals surface area contributed by atoms with E-state index < -0.39 is 6.16 Å². The second-order valence-electron chi connectivity index (χ2n) is 4.24. The minimum absolute atomic E-state index is 0.0511. The van der Waals surface area contributed by atoms with Crippen LogP contribution in [0.15, 0.2) is 0 Å². The molecule has 3 heteroatoms. The van der Waals surface area contributed by atoms with E-state index in [1.165, 1.54) is 0 Å². The predicted molar refractivity (Wildman–Crippen MR) is 78.1 cm³/mol. The lowest BCUT2D eigenvalue weighted by Crippen LogP contribution is -2.18. The monoisotopic (exact) mass is 270 g/mol. The average Bonchev–Trinajstić information content (AvgIpc) is 2.43. The summed E-state index contributed by atoms with van der Waals surface area (Å²) in [7, 11) is 0. The molecule has 0 aromatic carbocycles. The fourth-order valence-electron chi connectivity index (χ4n) is 1.46. The van der Waals surface area contributed by atoms with E-state index in [0.717, 1.165) is 0 Å².